The van der Waals surface area contributed by atoms with Gasteiger partial charge in [-0.2, -0.15) is 0 Å². The van der Waals surface area contributed by atoms with Gasteiger partial charge in [-0.1, -0.05) is 53.5 Å². The summed E-state index contributed by atoms with van der Waals surface area (Å²) in [6, 6.07) is 12.3. The Hall–Kier alpha value is -1.69. The fraction of sp³-hybridized carbons (Fsp3) is 0.450. The quantitative estimate of drug-likeness (QED) is 0.576. The molecule has 0 spiro atoms. The van der Waals surface area contributed by atoms with Gasteiger partial charge in [0.25, 0.3) is 0 Å². The van der Waals surface area contributed by atoms with Crippen molar-refractivity contribution in [3.63, 3.8) is 0 Å². The molecule has 1 aromatic heterocycles. The molecule has 146 valence electrons. The highest BCUT2D eigenvalue weighted by Gasteiger charge is 2.27. The largest absolute Gasteiger partial charge is 0.373 e. The summed E-state index contributed by atoms with van der Waals surface area (Å²) in [5.41, 5.74) is 2.23. The second kappa shape index (κ2) is 9.49. The van der Waals surface area contributed by atoms with Crippen LogP contribution in [-0.4, -0.2) is 30.7 Å². The molecule has 2 N–H and O–H groups in total. The number of rotatable bonds is 5. The number of nitrogens with one attached hydrogen (secondary N) is 2. The lowest BCUT2D eigenvalue weighted by Crippen LogP contribution is -2.41. The molecule has 1 saturated heterocycles. The number of ether oxygens (including phenoxy) is 1. The van der Waals surface area contributed by atoms with Crippen LogP contribution in [0.3, 0.4) is 0 Å². The molecule has 3 rings (SSSR count). The van der Waals surface area contributed by atoms with Gasteiger partial charge in [0.05, 0.1) is 17.7 Å². The van der Waals surface area contributed by atoms with Crippen LogP contribution in [0.25, 0.3) is 0 Å². The first-order chi connectivity index (χ1) is 13.1. The second-order valence-electron chi connectivity index (χ2n) is 6.74. The van der Waals surface area contributed by atoms with Gasteiger partial charge in [-0.05, 0) is 24.5 Å². The molecule has 7 heteroatoms. The molecule has 1 fully saturated rings. The Morgan fingerprint density at radius 2 is 2.04 bits per heavy atom. The van der Waals surface area contributed by atoms with E-state index in [4.69, 9.17) is 27.9 Å². The average molecular weight is 409 g/mol. The van der Waals surface area contributed by atoms with Crippen LogP contribution in [0.5, 0.6) is 0 Å². The van der Waals surface area contributed by atoms with Crippen molar-refractivity contribution in [2.45, 2.75) is 25.5 Å². The minimum Gasteiger partial charge on any atom is -0.373 e. The summed E-state index contributed by atoms with van der Waals surface area (Å²) >= 11 is 12.2. The van der Waals surface area contributed by atoms with Crippen LogP contribution in [0.2, 0.25) is 10.2 Å². The molecular formula is C20H26Cl2N4O. The minimum atomic E-state index is 0.121. The zero-order valence-electron chi connectivity index (χ0n) is 15.7. The number of guanidine groups is 1. The first kappa shape index (κ1) is 20.1. The third-order valence-corrected chi connectivity index (χ3v) is 5.82. The Bertz CT molecular complexity index is 776. The normalized spacial score (nSPS) is 20.5. The third kappa shape index (κ3) is 4.98. The van der Waals surface area contributed by atoms with Crippen LogP contribution in [0.4, 0.5) is 0 Å². The smallest absolute Gasteiger partial charge is 0.191 e. The zero-order valence-corrected chi connectivity index (χ0v) is 17.2. The first-order valence-corrected chi connectivity index (χ1v) is 9.96. The molecule has 1 aliphatic heterocycles. The Morgan fingerprint density at radius 3 is 2.70 bits per heavy atom. The number of halogens is 2. The summed E-state index contributed by atoms with van der Waals surface area (Å²) < 4.78 is 7.94. The monoisotopic (exact) mass is 408 g/mol. The van der Waals surface area contributed by atoms with Crippen LogP contribution in [-0.2, 0) is 18.3 Å². The molecule has 0 saturated carbocycles. The lowest BCUT2D eigenvalue weighted by Gasteiger charge is -2.32. The van der Waals surface area contributed by atoms with E-state index in [1.54, 1.807) is 7.05 Å². The highest BCUT2D eigenvalue weighted by molar-refractivity contribution is 6.41. The number of hydrogen-bond acceptors (Lipinski definition) is 2. The fourth-order valence-electron chi connectivity index (χ4n) is 3.44. The summed E-state index contributed by atoms with van der Waals surface area (Å²) in [6.07, 6.45) is 2.34. The maximum absolute atomic E-state index is 6.13. The van der Waals surface area contributed by atoms with Crippen LogP contribution < -0.4 is 10.6 Å². The van der Waals surface area contributed by atoms with Gasteiger partial charge in [-0.25, -0.2) is 0 Å². The van der Waals surface area contributed by atoms with Gasteiger partial charge < -0.3 is 19.9 Å². The molecular weight excluding hydrogens is 383 g/mol. The van der Waals surface area contributed by atoms with E-state index in [9.17, 15) is 0 Å². The van der Waals surface area contributed by atoms with Gasteiger partial charge in [0.15, 0.2) is 5.96 Å². The van der Waals surface area contributed by atoms with Gasteiger partial charge in [0.2, 0.25) is 0 Å². The van der Waals surface area contributed by atoms with E-state index in [-0.39, 0.29) is 6.10 Å². The Labute approximate surface area is 170 Å². The highest BCUT2D eigenvalue weighted by Crippen LogP contribution is 2.33. The summed E-state index contributed by atoms with van der Waals surface area (Å²) in [5, 5.41) is 7.86. The lowest BCUT2D eigenvalue weighted by atomic mass is 9.89. The van der Waals surface area contributed by atoms with E-state index in [2.05, 4.69) is 39.9 Å². The van der Waals surface area contributed by atoms with E-state index in [1.165, 1.54) is 5.56 Å². The summed E-state index contributed by atoms with van der Waals surface area (Å²) in [7, 11) is 3.66. The van der Waals surface area contributed by atoms with Crippen molar-refractivity contribution in [1.82, 2.24) is 15.2 Å². The Balaban J connectivity index is 1.57. The van der Waals surface area contributed by atoms with Crippen molar-refractivity contribution in [1.29, 1.82) is 0 Å². The van der Waals surface area contributed by atoms with Crippen molar-refractivity contribution in [3.05, 3.63) is 57.8 Å². The highest BCUT2D eigenvalue weighted by atomic mass is 35.5. The van der Waals surface area contributed by atoms with Gasteiger partial charge in [-0.15, -0.1) is 0 Å². The van der Waals surface area contributed by atoms with E-state index >= 15 is 0 Å². The number of benzene rings is 1. The molecule has 0 amide bonds. The Morgan fingerprint density at radius 1 is 1.26 bits per heavy atom. The van der Waals surface area contributed by atoms with Crippen molar-refractivity contribution in [2.75, 3.05) is 20.2 Å². The van der Waals surface area contributed by atoms with E-state index in [0.717, 1.165) is 37.6 Å². The maximum Gasteiger partial charge on any atom is 0.191 e. The maximum atomic E-state index is 6.13. The number of hydrogen-bond donors (Lipinski definition) is 2. The topological polar surface area (TPSA) is 50.6 Å². The second-order valence-corrected chi connectivity index (χ2v) is 7.51. The van der Waals surface area contributed by atoms with Gasteiger partial charge in [0.1, 0.15) is 5.15 Å². The molecule has 1 aromatic carbocycles. The van der Waals surface area contributed by atoms with Gasteiger partial charge in [-0.3, -0.25) is 4.99 Å². The summed E-state index contributed by atoms with van der Waals surface area (Å²) in [5.74, 6) is 1.15. The van der Waals surface area contributed by atoms with Crippen LogP contribution in [0.15, 0.2) is 41.4 Å². The predicted molar refractivity (Wildman–Crippen MR) is 111 cm³/mol. The van der Waals surface area contributed by atoms with E-state index < -0.39 is 0 Å². The molecule has 0 bridgehead atoms. The van der Waals surface area contributed by atoms with Crippen LogP contribution in [0.1, 0.15) is 30.2 Å². The van der Waals surface area contributed by atoms with Crippen LogP contribution >= 0.6 is 23.2 Å². The molecule has 0 radical (unpaired) electrons. The number of aromatic nitrogens is 1. The first-order valence-electron chi connectivity index (χ1n) is 9.20. The van der Waals surface area contributed by atoms with Crippen molar-refractivity contribution >= 4 is 29.2 Å². The SMILES string of the molecule is CN=C(NCc1cc(Cl)c(Cl)n1C)NCC1CCCOC1c1ccccc1. The molecule has 2 unspecified atom stereocenters. The molecule has 2 aromatic rings. The predicted octanol–water partition coefficient (Wildman–Crippen LogP) is 4.16. The fourth-order valence-corrected chi connectivity index (χ4v) is 3.86. The van der Waals surface area contributed by atoms with Crippen molar-refractivity contribution in [2.24, 2.45) is 18.0 Å². The number of nitrogens with zero attached hydrogens (tertiary/aromatic N) is 2. The molecule has 0 aliphatic carbocycles. The van der Waals surface area contributed by atoms with Gasteiger partial charge >= 0.3 is 0 Å². The molecule has 5 nitrogen and oxygen atoms in total. The number of aliphatic imine (C=N–C) groups is 1. The van der Waals surface area contributed by atoms with Gasteiger partial charge in [0, 0.05) is 38.9 Å². The molecule has 1 aliphatic rings. The lowest BCUT2D eigenvalue weighted by molar-refractivity contribution is -0.0265. The molecule has 2 heterocycles. The van der Waals surface area contributed by atoms with E-state index in [1.807, 2.05) is 23.7 Å². The molecule has 27 heavy (non-hydrogen) atoms. The van der Waals surface area contributed by atoms with Crippen LogP contribution in [0, 0.1) is 5.92 Å². The summed E-state index contributed by atoms with van der Waals surface area (Å²) in [4.78, 5) is 4.32. The Kier molecular flexibility index (Phi) is 7.05. The van der Waals surface area contributed by atoms with E-state index in [0.29, 0.717) is 22.6 Å². The summed E-state index contributed by atoms with van der Waals surface area (Å²) in [6.45, 7) is 2.21. The third-order valence-electron chi connectivity index (χ3n) is 4.98. The standard InChI is InChI=1S/C20H26Cl2N4O/c1-23-20(25-13-16-11-17(21)19(22)26(16)2)24-12-15-9-6-10-27-18(15)14-7-4-3-5-8-14/h3-5,7-8,11,15,18H,6,9-10,12-13H2,1-2H3,(H2,23,24,25). The van der Waals surface area contributed by atoms with Crippen molar-refractivity contribution < 1.29 is 4.74 Å². The zero-order chi connectivity index (χ0) is 19.2. The average Bonchev–Trinajstić information content (AvgIpc) is 2.96. The van der Waals surface area contributed by atoms with Crippen molar-refractivity contribution in [3.8, 4) is 0 Å². The minimum absolute atomic E-state index is 0.121. The molecule has 2 atom stereocenters.